The Morgan fingerprint density at radius 2 is 1.62 bits per heavy atom. The van der Waals surface area contributed by atoms with Crippen molar-refractivity contribution < 1.29 is 9.80 Å². The van der Waals surface area contributed by atoms with E-state index in [1.165, 1.54) is 23.6 Å². The summed E-state index contributed by atoms with van der Waals surface area (Å²) in [5.74, 6) is 0. The van der Waals surface area contributed by atoms with Crippen LogP contribution in [0.15, 0.2) is 30.3 Å². The first kappa shape index (κ1) is 11.1. The second-order valence-corrected chi connectivity index (χ2v) is 4.50. The molecule has 16 heavy (non-hydrogen) atoms. The van der Waals surface area contributed by atoms with Crippen molar-refractivity contribution in [3.8, 4) is 6.07 Å². The van der Waals surface area contributed by atoms with Crippen LogP contribution in [0.5, 0.6) is 0 Å². The highest BCUT2D eigenvalue weighted by atomic mass is 15.3. The zero-order valence-corrected chi connectivity index (χ0v) is 9.58. The van der Waals surface area contributed by atoms with Crippen LogP contribution in [-0.4, -0.2) is 32.7 Å². The first-order valence-corrected chi connectivity index (χ1v) is 5.96. The first-order valence-electron chi connectivity index (χ1n) is 5.96. The molecule has 84 valence electrons. The largest absolute Gasteiger partial charge is 0.322 e. The van der Waals surface area contributed by atoms with E-state index >= 15 is 0 Å². The third-order valence-electron chi connectivity index (χ3n) is 3.29. The van der Waals surface area contributed by atoms with Gasteiger partial charge in [0.1, 0.15) is 38.8 Å². The van der Waals surface area contributed by atoms with E-state index in [2.05, 4.69) is 36.4 Å². The Bertz CT molecular complexity index is 347. The second-order valence-electron chi connectivity index (χ2n) is 4.50. The number of hydrogen-bond acceptors (Lipinski definition) is 1. The van der Waals surface area contributed by atoms with Crippen molar-refractivity contribution in [3.63, 3.8) is 0 Å². The van der Waals surface area contributed by atoms with Gasteiger partial charge in [-0.15, -0.1) is 0 Å². The predicted molar refractivity (Wildman–Crippen MR) is 62.0 cm³/mol. The molecule has 0 atom stereocenters. The lowest BCUT2D eigenvalue weighted by Crippen LogP contribution is -3.27. The molecule has 3 heteroatoms. The molecule has 1 aliphatic rings. The van der Waals surface area contributed by atoms with E-state index in [-0.39, 0.29) is 0 Å². The van der Waals surface area contributed by atoms with Crippen LogP contribution in [0, 0.1) is 11.3 Å². The molecule has 0 aromatic heterocycles. The highest BCUT2D eigenvalue weighted by Gasteiger charge is 2.22. The Morgan fingerprint density at radius 1 is 1.00 bits per heavy atom. The van der Waals surface area contributed by atoms with Crippen LogP contribution in [0.2, 0.25) is 0 Å². The summed E-state index contributed by atoms with van der Waals surface area (Å²) >= 11 is 0. The molecule has 2 rings (SSSR count). The zero-order valence-electron chi connectivity index (χ0n) is 9.58. The monoisotopic (exact) mass is 217 g/mol. The van der Waals surface area contributed by atoms with Crippen LogP contribution >= 0.6 is 0 Å². The van der Waals surface area contributed by atoms with Gasteiger partial charge in [0.15, 0.2) is 6.54 Å². The number of hydrogen-bond donors (Lipinski definition) is 2. The number of nitriles is 1. The van der Waals surface area contributed by atoms with E-state index in [0.29, 0.717) is 6.54 Å². The molecular formula is C13H19N3+2. The molecular weight excluding hydrogens is 198 g/mol. The Morgan fingerprint density at radius 3 is 2.25 bits per heavy atom. The molecule has 0 aliphatic carbocycles. The lowest BCUT2D eigenvalue weighted by atomic mass is 10.2. The van der Waals surface area contributed by atoms with Gasteiger partial charge in [0.05, 0.1) is 0 Å². The smallest absolute Gasteiger partial charge is 0.165 e. The van der Waals surface area contributed by atoms with Crippen molar-refractivity contribution in [1.82, 2.24) is 0 Å². The molecule has 1 aromatic carbocycles. The summed E-state index contributed by atoms with van der Waals surface area (Å²) < 4.78 is 0. The number of quaternary nitrogens is 2. The van der Waals surface area contributed by atoms with Crippen molar-refractivity contribution in [2.75, 3.05) is 32.7 Å². The zero-order chi connectivity index (χ0) is 11.2. The third kappa shape index (κ3) is 3.06. The molecule has 0 amide bonds. The number of benzene rings is 1. The van der Waals surface area contributed by atoms with Gasteiger partial charge < -0.3 is 9.80 Å². The molecule has 1 saturated heterocycles. The van der Waals surface area contributed by atoms with Crippen LogP contribution in [-0.2, 0) is 6.54 Å². The standard InChI is InChI=1S/C13H17N3/c14-6-7-15-8-10-16(11-9-15)12-13-4-2-1-3-5-13/h1-5H,7-12H2/p+2. The molecule has 1 heterocycles. The van der Waals surface area contributed by atoms with Crippen LogP contribution in [0.25, 0.3) is 0 Å². The van der Waals surface area contributed by atoms with Gasteiger partial charge in [-0.25, -0.2) is 0 Å². The van der Waals surface area contributed by atoms with Crippen LogP contribution in [0.3, 0.4) is 0 Å². The number of nitrogens with zero attached hydrogens (tertiary/aromatic N) is 1. The SMILES string of the molecule is N#CC[NH+]1CC[NH+](Cc2ccccc2)CC1. The van der Waals surface area contributed by atoms with Gasteiger partial charge in [0.25, 0.3) is 0 Å². The number of rotatable bonds is 3. The minimum atomic E-state index is 0.665. The molecule has 1 aromatic rings. The van der Waals surface area contributed by atoms with E-state index in [4.69, 9.17) is 5.26 Å². The summed E-state index contributed by atoms with van der Waals surface area (Å²) in [6.07, 6.45) is 0. The van der Waals surface area contributed by atoms with Gasteiger partial charge >= 0.3 is 0 Å². The second kappa shape index (κ2) is 5.64. The van der Waals surface area contributed by atoms with Gasteiger partial charge in [-0.2, -0.15) is 5.26 Å². The summed E-state index contributed by atoms with van der Waals surface area (Å²) in [6.45, 7) is 6.43. The molecule has 0 unspecified atom stereocenters. The van der Waals surface area contributed by atoms with Gasteiger partial charge in [0, 0.05) is 5.56 Å². The first-order chi connectivity index (χ1) is 7.88. The highest BCUT2D eigenvalue weighted by molar-refractivity contribution is 5.13. The van der Waals surface area contributed by atoms with E-state index < -0.39 is 0 Å². The Labute approximate surface area is 96.9 Å². The fraction of sp³-hybridized carbons (Fsp3) is 0.462. The Balaban J connectivity index is 1.80. The molecule has 0 bridgehead atoms. The molecule has 2 N–H and O–H groups in total. The van der Waals surface area contributed by atoms with E-state index in [9.17, 15) is 0 Å². The average molecular weight is 217 g/mol. The third-order valence-corrected chi connectivity index (χ3v) is 3.29. The van der Waals surface area contributed by atoms with Gasteiger partial charge in [-0.05, 0) is 0 Å². The van der Waals surface area contributed by atoms with Crippen LogP contribution in [0.1, 0.15) is 5.56 Å². The maximum Gasteiger partial charge on any atom is 0.165 e. The summed E-state index contributed by atoms with van der Waals surface area (Å²) in [5, 5.41) is 8.64. The maximum atomic E-state index is 8.64. The molecule has 3 nitrogen and oxygen atoms in total. The van der Waals surface area contributed by atoms with Gasteiger partial charge in [-0.3, -0.25) is 0 Å². The summed E-state index contributed by atoms with van der Waals surface area (Å²) in [7, 11) is 0. The van der Waals surface area contributed by atoms with Crippen LogP contribution in [0.4, 0.5) is 0 Å². The van der Waals surface area contributed by atoms with Gasteiger partial charge in [0.2, 0.25) is 0 Å². The van der Waals surface area contributed by atoms with E-state index in [1.807, 2.05) is 0 Å². The minimum absolute atomic E-state index is 0.665. The van der Waals surface area contributed by atoms with Crippen molar-refractivity contribution in [2.24, 2.45) is 0 Å². The average Bonchev–Trinajstić information content (AvgIpc) is 2.33. The quantitative estimate of drug-likeness (QED) is 0.593. The lowest BCUT2D eigenvalue weighted by molar-refractivity contribution is -1.02. The summed E-state index contributed by atoms with van der Waals surface area (Å²) in [4.78, 5) is 3.09. The van der Waals surface area contributed by atoms with Gasteiger partial charge in [-0.1, -0.05) is 30.3 Å². The lowest BCUT2D eigenvalue weighted by Gasteiger charge is -2.28. The Hall–Kier alpha value is -1.37. The van der Waals surface area contributed by atoms with Crippen molar-refractivity contribution in [3.05, 3.63) is 35.9 Å². The molecule has 0 radical (unpaired) electrons. The molecule has 0 saturated carbocycles. The summed E-state index contributed by atoms with van der Waals surface area (Å²) in [5.41, 5.74) is 1.42. The fourth-order valence-electron chi connectivity index (χ4n) is 2.31. The Kier molecular flexibility index (Phi) is 3.92. The highest BCUT2D eigenvalue weighted by Crippen LogP contribution is 1.94. The van der Waals surface area contributed by atoms with E-state index in [1.54, 1.807) is 4.90 Å². The topological polar surface area (TPSA) is 32.7 Å². The number of nitrogens with one attached hydrogen (secondary N) is 2. The maximum absolute atomic E-state index is 8.64. The van der Waals surface area contributed by atoms with Crippen molar-refractivity contribution >= 4 is 0 Å². The minimum Gasteiger partial charge on any atom is -0.322 e. The van der Waals surface area contributed by atoms with Crippen molar-refractivity contribution in [1.29, 1.82) is 5.26 Å². The van der Waals surface area contributed by atoms with Crippen LogP contribution < -0.4 is 9.80 Å². The molecule has 1 aliphatic heterocycles. The molecule has 0 spiro atoms. The normalized spacial score (nSPS) is 24.9. The molecule has 1 fully saturated rings. The fourth-order valence-corrected chi connectivity index (χ4v) is 2.31. The predicted octanol–water partition coefficient (Wildman–Crippen LogP) is -1.51. The number of piperazine rings is 1. The summed E-state index contributed by atoms with van der Waals surface area (Å²) in [6, 6.07) is 12.9. The van der Waals surface area contributed by atoms with Crippen molar-refractivity contribution in [2.45, 2.75) is 6.54 Å². The van der Waals surface area contributed by atoms with E-state index in [0.717, 1.165) is 19.6 Å².